The zero-order valence-corrected chi connectivity index (χ0v) is 10.2. The minimum absolute atomic E-state index is 0.0669. The van der Waals surface area contributed by atoms with Crippen LogP contribution in [0, 0.1) is 5.92 Å². The van der Waals surface area contributed by atoms with Gasteiger partial charge in [-0.05, 0) is 49.8 Å². The number of rotatable bonds is 1. The van der Waals surface area contributed by atoms with Crippen LogP contribution in [0.15, 0.2) is 12.1 Å². The number of hydrogen-bond donors (Lipinski definition) is 1. The molecule has 16 heavy (non-hydrogen) atoms. The lowest BCUT2D eigenvalue weighted by molar-refractivity contribution is 0.138. The largest absolute Gasteiger partial charge is 0.487 e. The first-order valence-electron chi connectivity index (χ1n) is 6.07. The van der Waals surface area contributed by atoms with E-state index in [9.17, 15) is 0 Å². The second-order valence-electron chi connectivity index (χ2n) is 5.95. The molecule has 0 amide bonds. The maximum absolute atomic E-state index is 6.13. The average Bonchev–Trinajstić information content (AvgIpc) is 2.78. The molecule has 0 bridgehead atoms. The van der Waals surface area contributed by atoms with E-state index in [1.165, 1.54) is 17.5 Å². The Morgan fingerprint density at radius 1 is 1.38 bits per heavy atom. The Bertz CT molecular complexity index is 450. The van der Waals surface area contributed by atoms with Gasteiger partial charge < -0.3 is 10.5 Å². The highest BCUT2D eigenvalue weighted by Gasteiger charge is 2.38. The number of benzene rings is 1. The normalized spacial score (nSPS) is 29.7. The van der Waals surface area contributed by atoms with Crippen LogP contribution in [0.4, 0.5) is 5.69 Å². The highest BCUT2D eigenvalue weighted by molar-refractivity contribution is 5.59. The zero-order chi connectivity index (χ0) is 11.5. The molecule has 1 heterocycles. The van der Waals surface area contributed by atoms with E-state index in [0.717, 1.165) is 23.8 Å². The van der Waals surface area contributed by atoms with Crippen molar-refractivity contribution in [3.63, 3.8) is 0 Å². The lowest BCUT2D eigenvalue weighted by Crippen LogP contribution is -2.24. The number of nitrogens with two attached hydrogens (primary N) is 1. The Morgan fingerprint density at radius 3 is 2.69 bits per heavy atom. The van der Waals surface area contributed by atoms with Gasteiger partial charge in [-0.1, -0.05) is 6.92 Å². The summed E-state index contributed by atoms with van der Waals surface area (Å²) in [6.45, 7) is 6.54. The number of fused-ring (bicyclic) bond motifs is 1. The van der Waals surface area contributed by atoms with Gasteiger partial charge in [0.2, 0.25) is 0 Å². The summed E-state index contributed by atoms with van der Waals surface area (Å²) in [4.78, 5) is 0. The quantitative estimate of drug-likeness (QED) is 0.734. The summed E-state index contributed by atoms with van der Waals surface area (Å²) in [5.41, 5.74) is 9.57. The first-order chi connectivity index (χ1) is 7.46. The Labute approximate surface area is 96.8 Å². The number of ether oxygens (including phenoxy) is 1. The highest BCUT2D eigenvalue weighted by Crippen LogP contribution is 2.51. The lowest BCUT2D eigenvalue weighted by Gasteiger charge is -2.17. The Balaban J connectivity index is 2.00. The zero-order valence-electron chi connectivity index (χ0n) is 10.2. The molecule has 1 saturated carbocycles. The van der Waals surface area contributed by atoms with Crippen LogP contribution >= 0.6 is 0 Å². The maximum Gasteiger partial charge on any atom is 0.123 e. The van der Waals surface area contributed by atoms with Gasteiger partial charge >= 0.3 is 0 Å². The summed E-state index contributed by atoms with van der Waals surface area (Å²) in [5.74, 6) is 2.50. The van der Waals surface area contributed by atoms with Gasteiger partial charge in [0.15, 0.2) is 0 Å². The molecule has 0 spiro atoms. The highest BCUT2D eigenvalue weighted by atomic mass is 16.5. The van der Waals surface area contributed by atoms with E-state index in [1.807, 2.05) is 0 Å². The van der Waals surface area contributed by atoms with Crippen molar-refractivity contribution in [2.45, 2.75) is 45.1 Å². The Hall–Kier alpha value is -1.18. The molecule has 1 aliphatic carbocycles. The van der Waals surface area contributed by atoms with Crippen LogP contribution in [-0.2, 0) is 6.42 Å². The van der Waals surface area contributed by atoms with Crippen LogP contribution in [0.5, 0.6) is 5.75 Å². The molecule has 3 rings (SSSR count). The number of nitrogen functional groups attached to an aromatic ring is 1. The van der Waals surface area contributed by atoms with Gasteiger partial charge in [0, 0.05) is 17.7 Å². The molecular formula is C14H19NO. The number of anilines is 1. The molecule has 86 valence electrons. The van der Waals surface area contributed by atoms with E-state index in [-0.39, 0.29) is 5.60 Å². The Morgan fingerprint density at radius 2 is 2.06 bits per heavy atom. The van der Waals surface area contributed by atoms with E-state index in [2.05, 4.69) is 32.9 Å². The third kappa shape index (κ3) is 1.48. The summed E-state index contributed by atoms with van der Waals surface area (Å²) in [6, 6.07) is 4.29. The predicted molar refractivity (Wildman–Crippen MR) is 65.8 cm³/mol. The fourth-order valence-electron chi connectivity index (χ4n) is 2.76. The Kier molecular flexibility index (Phi) is 1.84. The molecule has 2 nitrogen and oxygen atoms in total. The van der Waals surface area contributed by atoms with Crippen LogP contribution < -0.4 is 10.5 Å². The van der Waals surface area contributed by atoms with Gasteiger partial charge in [0.05, 0.1) is 0 Å². The van der Waals surface area contributed by atoms with Crippen LogP contribution in [0.25, 0.3) is 0 Å². The monoisotopic (exact) mass is 217 g/mol. The molecule has 1 aromatic rings. The van der Waals surface area contributed by atoms with E-state index < -0.39 is 0 Å². The van der Waals surface area contributed by atoms with Crippen molar-refractivity contribution in [2.24, 2.45) is 5.92 Å². The summed E-state index contributed by atoms with van der Waals surface area (Å²) in [6.07, 6.45) is 2.24. The van der Waals surface area contributed by atoms with Crippen molar-refractivity contribution < 1.29 is 4.74 Å². The van der Waals surface area contributed by atoms with Crippen molar-refractivity contribution in [2.75, 3.05) is 5.73 Å². The third-order valence-corrected chi connectivity index (χ3v) is 3.78. The summed E-state index contributed by atoms with van der Waals surface area (Å²) in [5, 5.41) is 0. The fraction of sp³-hybridized carbons (Fsp3) is 0.571. The smallest absolute Gasteiger partial charge is 0.123 e. The third-order valence-electron chi connectivity index (χ3n) is 3.78. The number of hydrogen-bond acceptors (Lipinski definition) is 2. The van der Waals surface area contributed by atoms with Gasteiger partial charge in [-0.15, -0.1) is 0 Å². The van der Waals surface area contributed by atoms with Crippen LogP contribution in [0.1, 0.15) is 44.2 Å². The van der Waals surface area contributed by atoms with Gasteiger partial charge in [0.1, 0.15) is 11.4 Å². The minimum atomic E-state index is -0.0669. The van der Waals surface area contributed by atoms with E-state index in [1.54, 1.807) is 0 Å². The molecule has 2 heteroatoms. The van der Waals surface area contributed by atoms with Crippen molar-refractivity contribution in [1.82, 2.24) is 0 Å². The van der Waals surface area contributed by atoms with Crippen LogP contribution in [-0.4, -0.2) is 5.60 Å². The molecule has 0 saturated heterocycles. The second-order valence-corrected chi connectivity index (χ2v) is 5.95. The molecule has 2 atom stereocenters. The van der Waals surface area contributed by atoms with E-state index in [4.69, 9.17) is 10.5 Å². The molecular weight excluding hydrogens is 198 g/mol. The first-order valence-corrected chi connectivity index (χ1v) is 6.07. The lowest BCUT2D eigenvalue weighted by atomic mass is 9.98. The molecule has 1 aliphatic heterocycles. The summed E-state index contributed by atoms with van der Waals surface area (Å²) >= 11 is 0. The standard InChI is InChI=1S/C14H19NO/c1-8-4-10(8)11-6-13-9(5-12(11)15)7-14(2,3)16-13/h5-6,8,10H,4,7,15H2,1-3H3. The van der Waals surface area contributed by atoms with Gasteiger partial charge in [-0.25, -0.2) is 0 Å². The van der Waals surface area contributed by atoms with Crippen LogP contribution in [0.3, 0.4) is 0 Å². The summed E-state index contributed by atoms with van der Waals surface area (Å²) in [7, 11) is 0. The van der Waals surface area contributed by atoms with Crippen molar-refractivity contribution in [3.8, 4) is 5.75 Å². The maximum atomic E-state index is 6.13. The minimum Gasteiger partial charge on any atom is -0.487 e. The summed E-state index contributed by atoms with van der Waals surface area (Å²) < 4.78 is 5.95. The van der Waals surface area contributed by atoms with Crippen molar-refractivity contribution >= 4 is 5.69 Å². The first kappa shape index (κ1) is 10.0. The predicted octanol–water partition coefficient (Wildman–Crippen LogP) is 3.11. The van der Waals surface area contributed by atoms with Gasteiger partial charge in [-0.3, -0.25) is 0 Å². The molecule has 2 N–H and O–H groups in total. The average molecular weight is 217 g/mol. The molecule has 0 aromatic heterocycles. The topological polar surface area (TPSA) is 35.2 Å². The van der Waals surface area contributed by atoms with Crippen molar-refractivity contribution in [3.05, 3.63) is 23.3 Å². The van der Waals surface area contributed by atoms with E-state index in [0.29, 0.717) is 5.92 Å². The van der Waals surface area contributed by atoms with E-state index >= 15 is 0 Å². The van der Waals surface area contributed by atoms with Crippen molar-refractivity contribution in [1.29, 1.82) is 0 Å². The molecule has 1 fully saturated rings. The SMILES string of the molecule is CC1CC1c1cc2c(cc1N)CC(C)(C)O2. The fourth-order valence-corrected chi connectivity index (χ4v) is 2.76. The van der Waals surface area contributed by atoms with Crippen LogP contribution in [0.2, 0.25) is 0 Å². The molecule has 0 radical (unpaired) electrons. The van der Waals surface area contributed by atoms with Gasteiger partial charge in [-0.2, -0.15) is 0 Å². The molecule has 2 aliphatic rings. The molecule has 2 unspecified atom stereocenters. The van der Waals surface area contributed by atoms with Gasteiger partial charge in [0.25, 0.3) is 0 Å². The molecule has 1 aromatic carbocycles. The second kappa shape index (κ2) is 2.93.